The Labute approximate surface area is 161 Å². The van der Waals surface area contributed by atoms with Crippen LogP contribution in [0.15, 0.2) is 91.0 Å². The summed E-state index contributed by atoms with van der Waals surface area (Å²) in [5.74, 6) is 0. The molecule has 0 fully saturated rings. The van der Waals surface area contributed by atoms with Crippen molar-refractivity contribution in [3.8, 4) is 22.3 Å². The molecule has 0 radical (unpaired) electrons. The highest BCUT2D eigenvalue weighted by atomic mass is 35.5. The van der Waals surface area contributed by atoms with Crippen LogP contribution in [-0.2, 0) is 0 Å². The van der Waals surface area contributed by atoms with Gasteiger partial charge in [-0.05, 0) is 52.6 Å². The van der Waals surface area contributed by atoms with Crippen LogP contribution in [0.25, 0.3) is 42.4 Å². The first kappa shape index (κ1) is 15.6. The zero-order valence-corrected chi connectivity index (χ0v) is 15.5. The van der Waals surface area contributed by atoms with Crippen molar-refractivity contribution in [3.63, 3.8) is 0 Å². The van der Waals surface area contributed by atoms with E-state index in [1.54, 1.807) is 0 Å². The first-order chi connectivity index (χ1) is 12.8. The van der Waals surface area contributed by atoms with E-state index >= 15 is 0 Å². The summed E-state index contributed by atoms with van der Waals surface area (Å²) in [6, 6.07) is 32.1. The fraction of sp³-hybridized carbons (Fsp3) is 0. The molecule has 2 heteroatoms. The van der Waals surface area contributed by atoms with E-state index in [9.17, 15) is 0 Å². The van der Waals surface area contributed by atoms with E-state index in [0.29, 0.717) is 0 Å². The van der Waals surface area contributed by atoms with Crippen molar-refractivity contribution in [2.24, 2.45) is 0 Å². The molecule has 0 saturated carbocycles. The number of halogens is 1. The normalized spacial score (nSPS) is 11.3. The minimum absolute atomic E-state index is 0.765. The lowest BCUT2D eigenvalue weighted by molar-refractivity contribution is 1.60. The highest BCUT2D eigenvalue weighted by molar-refractivity contribution is 7.25. The second-order valence-electron chi connectivity index (χ2n) is 6.39. The SMILES string of the molecule is Clc1ccc(-c2ccc(-c3ccc4sc5ccccc5c4c3)cc2)cc1. The number of hydrogen-bond donors (Lipinski definition) is 0. The molecule has 0 aliphatic rings. The second kappa shape index (κ2) is 6.28. The third-order valence-corrected chi connectivity index (χ3v) is 6.18. The number of benzene rings is 4. The Balaban J connectivity index is 1.56. The Morgan fingerprint density at radius 3 is 1.77 bits per heavy atom. The molecule has 0 spiro atoms. The quantitative estimate of drug-likeness (QED) is 0.295. The van der Waals surface area contributed by atoms with E-state index in [-0.39, 0.29) is 0 Å². The number of hydrogen-bond acceptors (Lipinski definition) is 1. The predicted octanol–water partition coefficient (Wildman–Crippen LogP) is 8.04. The van der Waals surface area contributed by atoms with Gasteiger partial charge in [-0.25, -0.2) is 0 Å². The van der Waals surface area contributed by atoms with Gasteiger partial charge in [-0.3, -0.25) is 0 Å². The van der Waals surface area contributed by atoms with Gasteiger partial charge in [0.15, 0.2) is 0 Å². The Kier molecular flexibility index (Phi) is 3.77. The van der Waals surface area contributed by atoms with Crippen molar-refractivity contribution in [1.29, 1.82) is 0 Å². The first-order valence-corrected chi connectivity index (χ1v) is 9.75. The van der Waals surface area contributed by atoms with Crippen LogP contribution >= 0.6 is 22.9 Å². The highest BCUT2D eigenvalue weighted by Crippen LogP contribution is 2.36. The zero-order chi connectivity index (χ0) is 17.5. The average Bonchev–Trinajstić information content (AvgIpc) is 3.07. The Bertz CT molecular complexity index is 1220. The van der Waals surface area contributed by atoms with Crippen LogP contribution in [0.2, 0.25) is 5.02 Å². The van der Waals surface area contributed by atoms with Crippen molar-refractivity contribution >= 4 is 43.1 Å². The van der Waals surface area contributed by atoms with E-state index in [1.807, 2.05) is 23.5 Å². The lowest BCUT2D eigenvalue weighted by Gasteiger charge is -2.06. The molecule has 0 nitrogen and oxygen atoms in total. The summed E-state index contributed by atoms with van der Waals surface area (Å²) < 4.78 is 2.69. The van der Waals surface area contributed by atoms with Crippen LogP contribution in [0.4, 0.5) is 0 Å². The molecule has 26 heavy (non-hydrogen) atoms. The van der Waals surface area contributed by atoms with E-state index in [4.69, 9.17) is 11.6 Å². The number of thiophene rings is 1. The average molecular weight is 371 g/mol. The molecule has 0 bridgehead atoms. The monoisotopic (exact) mass is 370 g/mol. The van der Waals surface area contributed by atoms with Crippen LogP contribution in [0, 0.1) is 0 Å². The molecule has 0 aliphatic heterocycles. The third kappa shape index (κ3) is 2.70. The molecule has 0 amide bonds. The van der Waals surface area contributed by atoms with Gasteiger partial charge >= 0.3 is 0 Å². The Morgan fingerprint density at radius 1 is 0.500 bits per heavy atom. The molecule has 0 N–H and O–H groups in total. The number of fused-ring (bicyclic) bond motifs is 3. The highest BCUT2D eigenvalue weighted by Gasteiger charge is 2.07. The topological polar surface area (TPSA) is 0 Å². The molecule has 5 aromatic rings. The van der Waals surface area contributed by atoms with Gasteiger partial charge in [0.1, 0.15) is 0 Å². The fourth-order valence-electron chi connectivity index (χ4n) is 3.40. The summed E-state index contributed by atoms with van der Waals surface area (Å²) in [5, 5.41) is 3.44. The Morgan fingerprint density at radius 2 is 1.04 bits per heavy atom. The number of rotatable bonds is 2. The van der Waals surface area contributed by atoms with Gasteiger partial charge in [-0.15, -0.1) is 11.3 Å². The van der Waals surface area contributed by atoms with E-state index < -0.39 is 0 Å². The summed E-state index contributed by atoms with van der Waals surface area (Å²) in [7, 11) is 0. The lowest BCUT2D eigenvalue weighted by Crippen LogP contribution is -1.80. The molecular weight excluding hydrogens is 356 g/mol. The van der Waals surface area contributed by atoms with Gasteiger partial charge in [0, 0.05) is 25.2 Å². The molecular formula is C24H15ClS. The van der Waals surface area contributed by atoms with Gasteiger partial charge in [0.05, 0.1) is 0 Å². The molecule has 124 valence electrons. The van der Waals surface area contributed by atoms with E-state index in [0.717, 1.165) is 5.02 Å². The smallest absolute Gasteiger partial charge is 0.0406 e. The summed E-state index contributed by atoms with van der Waals surface area (Å²) in [4.78, 5) is 0. The minimum atomic E-state index is 0.765. The molecule has 4 aromatic carbocycles. The maximum absolute atomic E-state index is 5.99. The zero-order valence-electron chi connectivity index (χ0n) is 13.9. The van der Waals surface area contributed by atoms with Crippen molar-refractivity contribution in [1.82, 2.24) is 0 Å². The standard InChI is InChI=1S/C24H15ClS/c25-20-12-9-17(10-13-20)16-5-7-18(8-6-16)19-11-14-24-22(15-19)21-3-1-2-4-23(21)26-24/h1-15H. The summed E-state index contributed by atoms with van der Waals surface area (Å²) in [6.07, 6.45) is 0. The van der Waals surface area contributed by atoms with Crippen LogP contribution < -0.4 is 0 Å². The Hall–Kier alpha value is -2.61. The van der Waals surface area contributed by atoms with Crippen molar-refractivity contribution in [2.75, 3.05) is 0 Å². The largest absolute Gasteiger partial charge is 0.135 e. The van der Waals surface area contributed by atoms with Crippen LogP contribution in [-0.4, -0.2) is 0 Å². The van der Waals surface area contributed by atoms with Gasteiger partial charge in [-0.2, -0.15) is 0 Å². The maximum Gasteiger partial charge on any atom is 0.0406 e. The van der Waals surface area contributed by atoms with Gasteiger partial charge in [0.2, 0.25) is 0 Å². The lowest BCUT2D eigenvalue weighted by atomic mass is 9.99. The maximum atomic E-state index is 5.99. The van der Waals surface area contributed by atoms with Crippen molar-refractivity contribution < 1.29 is 0 Å². The van der Waals surface area contributed by atoms with E-state index in [2.05, 4.69) is 78.9 Å². The fourth-order valence-corrected chi connectivity index (χ4v) is 4.62. The van der Waals surface area contributed by atoms with Crippen LogP contribution in [0.5, 0.6) is 0 Å². The molecule has 0 aliphatic carbocycles. The van der Waals surface area contributed by atoms with Gasteiger partial charge < -0.3 is 0 Å². The molecule has 0 atom stereocenters. The van der Waals surface area contributed by atoms with E-state index in [1.165, 1.54) is 42.4 Å². The minimum Gasteiger partial charge on any atom is -0.135 e. The van der Waals surface area contributed by atoms with Gasteiger partial charge in [0.25, 0.3) is 0 Å². The molecule has 5 rings (SSSR count). The molecule has 1 heterocycles. The van der Waals surface area contributed by atoms with Crippen molar-refractivity contribution in [2.45, 2.75) is 0 Å². The second-order valence-corrected chi connectivity index (χ2v) is 7.91. The summed E-state index contributed by atoms with van der Waals surface area (Å²) >= 11 is 7.84. The van der Waals surface area contributed by atoms with Crippen LogP contribution in [0.1, 0.15) is 0 Å². The predicted molar refractivity (Wildman–Crippen MR) is 115 cm³/mol. The van der Waals surface area contributed by atoms with Crippen molar-refractivity contribution in [3.05, 3.63) is 96.0 Å². The summed E-state index contributed by atoms with van der Waals surface area (Å²) in [5.41, 5.74) is 4.87. The van der Waals surface area contributed by atoms with Crippen LogP contribution in [0.3, 0.4) is 0 Å². The molecule has 1 aromatic heterocycles. The summed E-state index contributed by atoms with van der Waals surface area (Å²) in [6.45, 7) is 0. The molecule has 0 unspecified atom stereocenters. The van der Waals surface area contributed by atoms with Gasteiger partial charge in [-0.1, -0.05) is 72.3 Å². The third-order valence-electron chi connectivity index (χ3n) is 4.77. The molecule has 0 saturated heterocycles. The first-order valence-electron chi connectivity index (χ1n) is 8.56.